The highest BCUT2D eigenvalue weighted by Gasteiger charge is 2.30. The van der Waals surface area contributed by atoms with Crippen LogP contribution in [0, 0.1) is 11.8 Å². The number of rotatable bonds is 83. The Kier molecular flexibility index (Phi) is 75.1. The molecule has 0 aromatic carbocycles. The van der Waals surface area contributed by atoms with Crippen molar-refractivity contribution in [3.05, 3.63) is 24.3 Å². The van der Waals surface area contributed by atoms with Crippen molar-refractivity contribution in [2.24, 2.45) is 11.8 Å². The Morgan fingerprint density at radius 1 is 0.295 bits per heavy atom. The van der Waals surface area contributed by atoms with Crippen LogP contribution in [0.2, 0.25) is 0 Å². The molecule has 0 aliphatic rings. The van der Waals surface area contributed by atoms with Crippen LogP contribution in [0.4, 0.5) is 0 Å². The lowest BCUT2D eigenvalue weighted by Gasteiger charge is -2.21. The largest absolute Gasteiger partial charge is 0.472 e. The van der Waals surface area contributed by atoms with E-state index in [4.69, 9.17) is 37.0 Å². The third kappa shape index (κ3) is 79.4. The number of unbranched alkanes of at least 4 members (excludes halogenated alkanes) is 50. The highest BCUT2D eigenvalue weighted by molar-refractivity contribution is 7.47. The van der Waals surface area contributed by atoms with E-state index in [2.05, 4.69) is 65.8 Å². The molecule has 0 saturated carbocycles. The van der Waals surface area contributed by atoms with Crippen LogP contribution in [0.1, 0.15) is 433 Å². The summed E-state index contributed by atoms with van der Waals surface area (Å²) in [6.45, 7) is 9.66. The molecular weight excluding hydrogens is 1370 g/mol. The maximum atomic E-state index is 13.1. The molecule has 19 heteroatoms. The van der Waals surface area contributed by atoms with Crippen LogP contribution < -0.4 is 0 Å². The minimum Gasteiger partial charge on any atom is -0.462 e. The van der Waals surface area contributed by atoms with Gasteiger partial charge in [-0.2, -0.15) is 0 Å². The van der Waals surface area contributed by atoms with Gasteiger partial charge in [0, 0.05) is 25.7 Å². The van der Waals surface area contributed by atoms with Gasteiger partial charge in [0.05, 0.1) is 26.4 Å². The van der Waals surface area contributed by atoms with Crippen molar-refractivity contribution in [1.29, 1.82) is 0 Å². The van der Waals surface area contributed by atoms with Gasteiger partial charge in [0.15, 0.2) is 12.2 Å². The minimum atomic E-state index is -4.97. The fourth-order valence-electron chi connectivity index (χ4n) is 12.9. The fraction of sp³-hybridized carbons (Fsp3) is 0.907. The summed E-state index contributed by atoms with van der Waals surface area (Å²) in [5, 5.41) is 10.7. The van der Waals surface area contributed by atoms with Gasteiger partial charge in [-0.15, -0.1) is 0 Å². The lowest BCUT2D eigenvalue weighted by Crippen LogP contribution is -2.30. The summed E-state index contributed by atoms with van der Waals surface area (Å²) in [4.78, 5) is 73.2. The summed E-state index contributed by atoms with van der Waals surface area (Å²) in [5.41, 5.74) is 0. The number of phosphoric ester groups is 2. The third-order valence-electron chi connectivity index (χ3n) is 19.6. The Labute approximate surface area is 643 Å². The number of esters is 4. The number of hydrogen-bond donors (Lipinski definition) is 3. The molecule has 0 fully saturated rings. The number of aliphatic hydroxyl groups excluding tert-OH is 1. The molecule has 0 rings (SSSR count). The Morgan fingerprint density at radius 3 is 0.781 bits per heavy atom. The van der Waals surface area contributed by atoms with E-state index in [0.717, 1.165) is 115 Å². The van der Waals surface area contributed by atoms with Gasteiger partial charge >= 0.3 is 39.5 Å². The van der Waals surface area contributed by atoms with Crippen LogP contribution in [0.3, 0.4) is 0 Å². The third-order valence-corrected chi connectivity index (χ3v) is 21.5. The highest BCUT2D eigenvalue weighted by Crippen LogP contribution is 2.45. The molecule has 0 amide bonds. The molecule has 0 spiro atoms. The first-order chi connectivity index (χ1) is 50.9. The van der Waals surface area contributed by atoms with E-state index >= 15 is 0 Å². The number of hydrogen-bond acceptors (Lipinski definition) is 15. The molecule has 3 N–H and O–H groups in total. The molecule has 0 saturated heterocycles. The Balaban J connectivity index is 5.28. The summed E-state index contributed by atoms with van der Waals surface area (Å²) in [6.07, 6.45) is 71.5. The van der Waals surface area contributed by atoms with Crippen molar-refractivity contribution < 1.29 is 80.2 Å². The van der Waals surface area contributed by atoms with Gasteiger partial charge in [-0.3, -0.25) is 37.3 Å². The summed E-state index contributed by atoms with van der Waals surface area (Å²) >= 11 is 0. The highest BCUT2D eigenvalue weighted by atomic mass is 31.2. The van der Waals surface area contributed by atoms with Gasteiger partial charge in [0.25, 0.3) is 0 Å². The van der Waals surface area contributed by atoms with Gasteiger partial charge in [0.2, 0.25) is 0 Å². The van der Waals surface area contributed by atoms with Crippen LogP contribution in [0.5, 0.6) is 0 Å². The first kappa shape index (κ1) is 103. The molecule has 5 atom stereocenters. The van der Waals surface area contributed by atoms with Gasteiger partial charge in [-0.1, -0.05) is 380 Å². The van der Waals surface area contributed by atoms with Crippen LogP contribution in [0.15, 0.2) is 24.3 Å². The van der Waals surface area contributed by atoms with Crippen LogP contribution in [-0.4, -0.2) is 96.7 Å². The summed E-state index contributed by atoms with van der Waals surface area (Å²) in [7, 11) is -9.94. The monoisotopic (exact) mass is 1530 g/mol. The molecule has 0 aliphatic carbocycles. The first-order valence-corrected chi connectivity index (χ1v) is 46.8. The van der Waals surface area contributed by atoms with Gasteiger partial charge < -0.3 is 33.8 Å². The van der Waals surface area contributed by atoms with Gasteiger partial charge in [-0.25, -0.2) is 9.13 Å². The Bertz CT molecular complexity index is 2110. The SMILES string of the molecule is CCCCCC/C=C\C=C/CCCCCCCC(=O)O[C@H](COC(=O)CCCCCCCCCCCCCCC)COP(=O)(O)OC[C@H](O)COP(=O)(O)OC[C@@H](COC(=O)CCCCCCCCCCCCCCCC(C)C)OC(=O)CCCCCCCCCCCCCCCCCCCCC(C)C. The first-order valence-electron chi connectivity index (χ1n) is 43.8. The molecule has 105 heavy (non-hydrogen) atoms. The summed E-state index contributed by atoms with van der Waals surface area (Å²) in [6, 6.07) is 0. The number of ether oxygens (including phenoxy) is 4. The summed E-state index contributed by atoms with van der Waals surface area (Å²) in [5.74, 6) is -0.522. The van der Waals surface area contributed by atoms with Crippen molar-refractivity contribution >= 4 is 39.5 Å². The maximum absolute atomic E-state index is 13.1. The number of carbonyl (C=O) groups excluding carboxylic acids is 4. The van der Waals surface area contributed by atoms with E-state index in [1.165, 1.54) is 238 Å². The molecule has 0 heterocycles. The van der Waals surface area contributed by atoms with Crippen molar-refractivity contribution in [3.8, 4) is 0 Å². The lowest BCUT2D eigenvalue weighted by molar-refractivity contribution is -0.161. The predicted molar refractivity (Wildman–Crippen MR) is 432 cm³/mol. The zero-order chi connectivity index (χ0) is 77.1. The number of aliphatic hydroxyl groups is 1. The number of carbonyl (C=O) groups is 4. The molecule has 17 nitrogen and oxygen atoms in total. The molecule has 0 radical (unpaired) electrons. The van der Waals surface area contributed by atoms with Crippen molar-refractivity contribution in [2.45, 2.75) is 452 Å². The Hall–Kier alpha value is -2.46. The zero-order valence-corrected chi connectivity index (χ0v) is 70.3. The van der Waals surface area contributed by atoms with Crippen LogP contribution >= 0.6 is 15.6 Å². The number of allylic oxidation sites excluding steroid dienone is 4. The van der Waals surface area contributed by atoms with E-state index in [-0.39, 0.29) is 25.7 Å². The molecule has 0 bridgehead atoms. The fourth-order valence-corrected chi connectivity index (χ4v) is 14.5. The van der Waals surface area contributed by atoms with E-state index in [1.54, 1.807) is 0 Å². The molecule has 0 aliphatic heterocycles. The summed E-state index contributed by atoms with van der Waals surface area (Å²) < 4.78 is 68.9. The lowest BCUT2D eigenvalue weighted by atomic mass is 10.0. The standard InChI is InChI=1S/C86H164O17P2/c1-7-9-11-13-15-17-19-21-26-33-40-46-52-58-64-70-85(90)102-81(74-96-83(88)68-62-56-50-44-38-30-20-18-16-14-12-10-8-2)76-100-104(92,93)98-72-80(87)73-99-105(94,95)101-77-82(75-97-84(89)69-63-57-51-45-39-35-29-32-37-43-49-55-61-67-79(5)6)103-86(91)71-65-59-53-47-41-34-28-25-23-22-24-27-31-36-42-48-54-60-66-78(3)4/h17,19,21,26,78-82,87H,7-16,18,20,22-25,27-77H2,1-6H3,(H,92,93)(H,94,95)/b19-17-,26-21-/t80-,81+,82+/m0/s1. The number of phosphoric acid groups is 2. The predicted octanol–water partition coefficient (Wildman–Crippen LogP) is 25.8. The second kappa shape index (κ2) is 76.9. The smallest absolute Gasteiger partial charge is 0.462 e. The van der Waals surface area contributed by atoms with Crippen molar-refractivity contribution in [2.75, 3.05) is 39.6 Å². The maximum Gasteiger partial charge on any atom is 0.472 e. The Morgan fingerprint density at radius 2 is 0.514 bits per heavy atom. The molecular formula is C86H164O17P2. The topological polar surface area (TPSA) is 237 Å². The van der Waals surface area contributed by atoms with Crippen LogP contribution in [-0.2, 0) is 65.4 Å². The van der Waals surface area contributed by atoms with Crippen molar-refractivity contribution in [3.63, 3.8) is 0 Å². The van der Waals surface area contributed by atoms with Crippen molar-refractivity contribution in [1.82, 2.24) is 0 Å². The average molecular weight is 1530 g/mol. The van der Waals surface area contributed by atoms with Crippen LogP contribution in [0.25, 0.3) is 0 Å². The normalized spacial score (nSPS) is 14.0. The zero-order valence-electron chi connectivity index (χ0n) is 68.5. The van der Waals surface area contributed by atoms with E-state index in [0.29, 0.717) is 25.7 Å². The van der Waals surface area contributed by atoms with Gasteiger partial charge in [-0.05, 0) is 63.2 Å². The van der Waals surface area contributed by atoms with Gasteiger partial charge in [0.1, 0.15) is 19.3 Å². The van der Waals surface area contributed by atoms with E-state index < -0.39 is 97.5 Å². The molecule has 0 aromatic heterocycles. The minimum absolute atomic E-state index is 0.0857. The molecule has 2 unspecified atom stereocenters. The van der Waals surface area contributed by atoms with E-state index in [1.807, 2.05) is 0 Å². The molecule has 0 aromatic rings. The quantitative estimate of drug-likeness (QED) is 0.0169. The second-order valence-electron chi connectivity index (χ2n) is 31.2. The average Bonchev–Trinajstić information content (AvgIpc) is 0.932. The van der Waals surface area contributed by atoms with E-state index in [9.17, 15) is 43.2 Å². The second-order valence-corrected chi connectivity index (χ2v) is 34.1. The molecule has 620 valence electrons.